The molecule has 1 atom stereocenters. The summed E-state index contributed by atoms with van der Waals surface area (Å²) in [5.41, 5.74) is 0.708. The van der Waals surface area contributed by atoms with E-state index in [1.54, 1.807) is 0 Å². The summed E-state index contributed by atoms with van der Waals surface area (Å²) in [5.74, 6) is -3.19. The average molecular weight is 548 g/mol. The van der Waals surface area contributed by atoms with Crippen molar-refractivity contribution in [1.29, 1.82) is 0 Å². The Morgan fingerprint density at radius 1 is 1.21 bits per heavy atom. The molecule has 202 valence electrons. The summed E-state index contributed by atoms with van der Waals surface area (Å²) < 4.78 is 34.8. The number of carbonyl (C=O) groups is 2. The Morgan fingerprint density at radius 2 is 2.00 bits per heavy atom. The molecule has 1 fully saturated rings. The Labute approximate surface area is 223 Å². The van der Waals surface area contributed by atoms with Gasteiger partial charge in [0.15, 0.2) is 17.4 Å². The molecule has 9 nitrogen and oxygen atoms in total. The molecule has 1 aliphatic heterocycles. The Balaban J connectivity index is 1.39. The molecule has 3 N–H and O–H groups in total. The van der Waals surface area contributed by atoms with Crippen LogP contribution in [0.4, 0.5) is 14.5 Å². The quantitative estimate of drug-likeness (QED) is 0.379. The van der Waals surface area contributed by atoms with Gasteiger partial charge in [0.2, 0.25) is 5.82 Å². The topological polar surface area (TPSA) is 109 Å². The molecular formula is C26H28ClF2N5O4. The largest absolute Gasteiger partial charge is 0.494 e. The molecule has 1 aromatic heterocycles. The maximum absolute atomic E-state index is 14.6. The zero-order valence-corrected chi connectivity index (χ0v) is 21.7. The smallest absolute Gasteiger partial charge is 0.291 e. The van der Waals surface area contributed by atoms with Crippen LogP contribution in [-0.4, -0.2) is 71.3 Å². The lowest BCUT2D eigenvalue weighted by Crippen LogP contribution is -2.34. The zero-order valence-electron chi connectivity index (χ0n) is 20.9. The molecule has 2 heterocycles. The first-order valence-electron chi connectivity index (χ1n) is 12.0. The summed E-state index contributed by atoms with van der Waals surface area (Å²) in [6.45, 7) is 2.98. The van der Waals surface area contributed by atoms with Crippen molar-refractivity contribution in [3.05, 3.63) is 64.6 Å². The maximum Gasteiger partial charge on any atom is 0.291 e. The minimum absolute atomic E-state index is 0.0427. The number of hydrogen-bond donors (Lipinski definition) is 3. The summed E-state index contributed by atoms with van der Waals surface area (Å²) >= 11 is 6.31. The van der Waals surface area contributed by atoms with Gasteiger partial charge in [0, 0.05) is 44.5 Å². The number of nitrogens with zero attached hydrogens (tertiary/aromatic N) is 3. The van der Waals surface area contributed by atoms with Crippen molar-refractivity contribution >= 4 is 29.1 Å². The number of rotatable bonds is 9. The summed E-state index contributed by atoms with van der Waals surface area (Å²) in [4.78, 5) is 31.7. The van der Waals surface area contributed by atoms with E-state index in [1.165, 1.54) is 55.3 Å². The lowest BCUT2D eigenvalue weighted by Gasteiger charge is -2.16. The van der Waals surface area contributed by atoms with Gasteiger partial charge in [0.25, 0.3) is 11.8 Å². The number of aliphatic hydroxyl groups is 1. The number of likely N-dealkylation sites (tertiary alicyclic amines) is 1. The number of aliphatic hydroxyl groups excluding tert-OH is 1. The van der Waals surface area contributed by atoms with Crippen LogP contribution in [0, 0.1) is 17.6 Å². The van der Waals surface area contributed by atoms with E-state index in [9.17, 15) is 23.5 Å². The highest BCUT2D eigenvalue weighted by Gasteiger charge is 2.23. The van der Waals surface area contributed by atoms with E-state index >= 15 is 0 Å². The molecule has 0 aliphatic carbocycles. The van der Waals surface area contributed by atoms with Gasteiger partial charge in [-0.25, -0.2) is 9.37 Å². The Morgan fingerprint density at radius 3 is 2.68 bits per heavy atom. The molecule has 38 heavy (non-hydrogen) atoms. The summed E-state index contributed by atoms with van der Waals surface area (Å²) in [7, 11) is 2.74. The second-order valence-corrected chi connectivity index (χ2v) is 9.42. The predicted octanol–water partition coefficient (Wildman–Crippen LogP) is 3.32. The number of aromatic nitrogens is 2. The third-order valence-electron chi connectivity index (χ3n) is 6.55. The van der Waals surface area contributed by atoms with Crippen molar-refractivity contribution in [1.82, 2.24) is 19.8 Å². The molecule has 0 bridgehead atoms. The minimum Gasteiger partial charge on any atom is -0.494 e. The highest BCUT2D eigenvalue weighted by molar-refractivity contribution is 6.34. The van der Waals surface area contributed by atoms with Crippen molar-refractivity contribution in [2.45, 2.75) is 6.42 Å². The normalized spacial score (nSPS) is 15.5. The molecule has 12 heteroatoms. The van der Waals surface area contributed by atoms with Gasteiger partial charge < -0.3 is 29.9 Å². The van der Waals surface area contributed by atoms with Crippen LogP contribution in [0.15, 0.2) is 36.5 Å². The Kier molecular flexibility index (Phi) is 8.60. The fraction of sp³-hybridized carbons (Fsp3) is 0.346. The number of benzene rings is 2. The second-order valence-electron chi connectivity index (χ2n) is 9.01. The van der Waals surface area contributed by atoms with Crippen LogP contribution in [0.5, 0.6) is 5.75 Å². The van der Waals surface area contributed by atoms with Crippen molar-refractivity contribution in [3.8, 4) is 17.0 Å². The highest BCUT2D eigenvalue weighted by Crippen LogP contribution is 2.30. The third-order valence-corrected chi connectivity index (χ3v) is 6.86. The highest BCUT2D eigenvalue weighted by atomic mass is 35.5. The van der Waals surface area contributed by atoms with Crippen LogP contribution >= 0.6 is 11.6 Å². The van der Waals surface area contributed by atoms with Crippen LogP contribution < -0.4 is 15.4 Å². The van der Waals surface area contributed by atoms with Gasteiger partial charge in [-0.2, -0.15) is 4.39 Å². The lowest BCUT2D eigenvalue weighted by atomic mass is 10.1. The SMILES string of the molecule is COc1ccc(-c2cnc(C(=O)Nc3ccc(C(=O)NCCN4CC[C@H](CO)C4)c(Cl)c3)n2C)c(F)c1F. The number of carbonyl (C=O) groups excluding carboxylic acids is 2. The van der Waals surface area contributed by atoms with Crippen LogP contribution in [0.25, 0.3) is 11.3 Å². The fourth-order valence-electron chi connectivity index (χ4n) is 4.41. The van der Waals surface area contributed by atoms with Crippen molar-refractivity contribution in [2.24, 2.45) is 13.0 Å². The van der Waals surface area contributed by atoms with Crippen LogP contribution in [0.1, 0.15) is 27.4 Å². The molecule has 3 aromatic rings. The number of amides is 2. The molecule has 2 amide bonds. The van der Waals surface area contributed by atoms with Gasteiger partial charge in [-0.1, -0.05) is 11.6 Å². The zero-order chi connectivity index (χ0) is 27.4. The van der Waals surface area contributed by atoms with Crippen LogP contribution in [0.3, 0.4) is 0 Å². The van der Waals surface area contributed by atoms with Crippen molar-refractivity contribution < 1.29 is 28.2 Å². The Bertz CT molecular complexity index is 1350. The molecule has 4 rings (SSSR count). The van der Waals surface area contributed by atoms with E-state index < -0.39 is 17.5 Å². The molecular weight excluding hydrogens is 520 g/mol. The first-order chi connectivity index (χ1) is 18.2. The lowest BCUT2D eigenvalue weighted by molar-refractivity contribution is 0.0948. The number of nitrogens with one attached hydrogen (secondary N) is 2. The van der Waals surface area contributed by atoms with E-state index in [2.05, 4.69) is 20.5 Å². The number of hydrogen-bond acceptors (Lipinski definition) is 6. The summed E-state index contributed by atoms with van der Waals surface area (Å²) in [6.07, 6.45) is 2.21. The molecule has 0 spiro atoms. The molecule has 2 aromatic carbocycles. The van der Waals surface area contributed by atoms with Gasteiger partial charge in [0.1, 0.15) is 0 Å². The number of halogens is 3. The first-order valence-corrected chi connectivity index (χ1v) is 12.4. The second kappa shape index (κ2) is 11.9. The van der Waals surface area contributed by atoms with Gasteiger partial charge in [0.05, 0.1) is 29.6 Å². The van der Waals surface area contributed by atoms with Gasteiger partial charge in [-0.3, -0.25) is 9.59 Å². The van der Waals surface area contributed by atoms with Gasteiger partial charge >= 0.3 is 0 Å². The van der Waals surface area contributed by atoms with E-state index in [-0.39, 0.29) is 51.8 Å². The van der Waals surface area contributed by atoms with Gasteiger partial charge in [-0.15, -0.1) is 0 Å². The standard InChI is InChI=1S/C26H28ClF2N5O4/c1-33-20(18-5-6-21(38-2)23(29)22(18)28)12-31-24(33)26(37)32-16-3-4-17(19(27)11-16)25(36)30-8-10-34-9-7-15(13-34)14-35/h3-6,11-12,15,35H,7-10,13-14H2,1-2H3,(H,30,36)(H,32,37)/t15-/m0/s1. The van der Waals surface area contributed by atoms with Crippen molar-refractivity contribution in [2.75, 3.05) is 45.2 Å². The summed E-state index contributed by atoms with van der Waals surface area (Å²) in [6, 6.07) is 7.12. The van der Waals surface area contributed by atoms with Gasteiger partial charge in [-0.05, 0) is 49.2 Å². The molecule has 0 saturated carbocycles. The molecule has 0 radical (unpaired) electrons. The van der Waals surface area contributed by atoms with Crippen LogP contribution in [0.2, 0.25) is 5.02 Å². The fourth-order valence-corrected chi connectivity index (χ4v) is 4.68. The molecule has 0 unspecified atom stereocenters. The van der Waals surface area contributed by atoms with E-state index in [1.807, 2.05) is 0 Å². The van der Waals surface area contributed by atoms with Crippen LogP contribution in [-0.2, 0) is 7.05 Å². The first kappa shape index (κ1) is 27.5. The molecule has 1 aliphatic rings. The minimum atomic E-state index is -1.14. The summed E-state index contributed by atoms with van der Waals surface area (Å²) in [5, 5.41) is 14.9. The maximum atomic E-state index is 14.6. The number of imidazole rings is 1. The average Bonchev–Trinajstić information content (AvgIpc) is 3.52. The number of ether oxygens (including phenoxy) is 1. The third kappa shape index (κ3) is 5.79. The monoisotopic (exact) mass is 547 g/mol. The Hall–Kier alpha value is -3.54. The number of anilines is 1. The number of methoxy groups -OCH3 is 1. The van der Waals surface area contributed by atoms with Crippen molar-refractivity contribution in [3.63, 3.8) is 0 Å². The molecule has 1 saturated heterocycles. The predicted molar refractivity (Wildman–Crippen MR) is 138 cm³/mol. The van der Waals surface area contributed by atoms with E-state index in [0.717, 1.165) is 19.5 Å². The van der Waals surface area contributed by atoms with E-state index in [4.69, 9.17) is 16.3 Å². The van der Waals surface area contributed by atoms with E-state index in [0.29, 0.717) is 18.8 Å².